The van der Waals surface area contributed by atoms with Gasteiger partial charge < -0.3 is 14.4 Å². The van der Waals surface area contributed by atoms with E-state index in [1.807, 2.05) is 36.4 Å². The van der Waals surface area contributed by atoms with E-state index in [4.69, 9.17) is 4.74 Å². The molecule has 0 aliphatic heterocycles. The van der Waals surface area contributed by atoms with E-state index in [1.165, 1.54) is 16.3 Å². The highest BCUT2D eigenvalue weighted by Gasteiger charge is 2.15. The summed E-state index contributed by atoms with van der Waals surface area (Å²) >= 11 is 3.57. The standard InChI is InChI=1S/C22H20BrNO2/c1-15-7-9-21-19(11-15)20-12-16(23)8-10-22(20)24(21)13-17(25)14-26-18-5-3-2-4-6-18/h2-12,17,25H,13-14H2,1H3/t17-/m0/s1. The Bertz CT molecular complexity index is 997. The highest BCUT2D eigenvalue weighted by atomic mass is 79.9. The monoisotopic (exact) mass is 409 g/mol. The number of benzene rings is 3. The second-order valence-electron chi connectivity index (χ2n) is 6.57. The van der Waals surface area contributed by atoms with Crippen molar-refractivity contribution in [1.82, 2.24) is 4.57 Å². The third kappa shape index (κ3) is 3.35. The number of halogens is 1. The van der Waals surface area contributed by atoms with Crippen LogP contribution in [0.5, 0.6) is 5.75 Å². The van der Waals surface area contributed by atoms with Gasteiger partial charge in [0.25, 0.3) is 0 Å². The van der Waals surface area contributed by atoms with Crippen molar-refractivity contribution in [2.45, 2.75) is 19.6 Å². The minimum atomic E-state index is -0.598. The van der Waals surface area contributed by atoms with Gasteiger partial charge in [-0.15, -0.1) is 0 Å². The summed E-state index contributed by atoms with van der Waals surface area (Å²) in [5, 5.41) is 13.0. The van der Waals surface area contributed by atoms with E-state index >= 15 is 0 Å². The van der Waals surface area contributed by atoms with Gasteiger partial charge in [0.2, 0.25) is 0 Å². The Morgan fingerprint density at radius 1 is 0.962 bits per heavy atom. The second kappa shape index (κ2) is 7.14. The van der Waals surface area contributed by atoms with Crippen LogP contribution >= 0.6 is 15.9 Å². The first-order valence-corrected chi connectivity index (χ1v) is 9.45. The molecule has 3 nitrogen and oxygen atoms in total. The predicted octanol–water partition coefficient (Wildman–Crippen LogP) is 5.31. The molecule has 0 amide bonds. The summed E-state index contributed by atoms with van der Waals surface area (Å²) < 4.78 is 8.94. The van der Waals surface area contributed by atoms with Crippen molar-refractivity contribution in [2.24, 2.45) is 0 Å². The molecule has 0 saturated heterocycles. The summed E-state index contributed by atoms with van der Waals surface area (Å²) in [6, 6.07) is 22.3. The number of aliphatic hydroxyl groups excluding tert-OH is 1. The van der Waals surface area contributed by atoms with Gasteiger partial charge >= 0.3 is 0 Å². The predicted molar refractivity (Wildman–Crippen MR) is 110 cm³/mol. The number of rotatable bonds is 5. The van der Waals surface area contributed by atoms with Crippen LogP contribution in [0.1, 0.15) is 5.56 Å². The summed E-state index contributed by atoms with van der Waals surface area (Å²) in [5.74, 6) is 0.772. The summed E-state index contributed by atoms with van der Waals surface area (Å²) in [6.45, 7) is 2.84. The zero-order valence-electron chi connectivity index (χ0n) is 14.5. The van der Waals surface area contributed by atoms with E-state index in [0.717, 1.165) is 21.3 Å². The van der Waals surface area contributed by atoms with Gasteiger partial charge in [-0.1, -0.05) is 45.8 Å². The lowest BCUT2D eigenvalue weighted by molar-refractivity contribution is 0.0945. The largest absolute Gasteiger partial charge is 0.491 e. The zero-order chi connectivity index (χ0) is 18.1. The number of aryl methyl sites for hydroxylation is 1. The Morgan fingerprint density at radius 2 is 1.65 bits per heavy atom. The van der Waals surface area contributed by atoms with Crippen LogP contribution in [0.3, 0.4) is 0 Å². The van der Waals surface area contributed by atoms with Crippen LogP contribution in [0.2, 0.25) is 0 Å². The topological polar surface area (TPSA) is 34.4 Å². The molecule has 0 aliphatic carbocycles. The fourth-order valence-electron chi connectivity index (χ4n) is 3.36. The molecule has 0 radical (unpaired) electrons. The number of fused-ring (bicyclic) bond motifs is 3. The maximum Gasteiger partial charge on any atom is 0.119 e. The molecule has 0 aliphatic rings. The minimum Gasteiger partial charge on any atom is -0.491 e. The van der Waals surface area contributed by atoms with Crippen LogP contribution in [0.25, 0.3) is 21.8 Å². The molecular weight excluding hydrogens is 390 g/mol. The molecule has 0 saturated carbocycles. The van der Waals surface area contributed by atoms with E-state index in [1.54, 1.807) is 0 Å². The molecule has 4 aromatic rings. The van der Waals surface area contributed by atoms with Gasteiger partial charge in [0.05, 0.1) is 6.54 Å². The van der Waals surface area contributed by atoms with E-state index in [0.29, 0.717) is 6.54 Å². The minimum absolute atomic E-state index is 0.258. The van der Waals surface area contributed by atoms with Crippen LogP contribution in [-0.2, 0) is 6.54 Å². The first-order valence-electron chi connectivity index (χ1n) is 8.66. The fraction of sp³-hybridized carbons (Fsp3) is 0.182. The van der Waals surface area contributed by atoms with Crippen LogP contribution < -0.4 is 4.74 Å². The molecule has 4 rings (SSSR count). The average Bonchev–Trinajstić information content (AvgIpc) is 2.93. The molecule has 0 fully saturated rings. The molecule has 132 valence electrons. The van der Waals surface area contributed by atoms with Crippen LogP contribution in [0.4, 0.5) is 0 Å². The van der Waals surface area contributed by atoms with E-state index in [2.05, 4.69) is 57.8 Å². The molecule has 3 aromatic carbocycles. The van der Waals surface area contributed by atoms with Crippen molar-refractivity contribution in [1.29, 1.82) is 0 Å². The van der Waals surface area contributed by atoms with Gasteiger partial charge in [0, 0.05) is 26.3 Å². The van der Waals surface area contributed by atoms with E-state index < -0.39 is 6.10 Å². The Hall–Kier alpha value is -2.30. The van der Waals surface area contributed by atoms with Gasteiger partial charge in [-0.25, -0.2) is 0 Å². The van der Waals surface area contributed by atoms with Crippen molar-refractivity contribution in [3.63, 3.8) is 0 Å². The van der Waals surface area contributed by atoms with Crippen molar-refractivity contribution in [3.05, 3.63) is 76.8 Å². The summed E-state index contributed by atoms with van der Waals surface area (Å²) in [5.41, 5.74) is 3.47. The molecule has 26 heavy (non-hydrogen) atoms. The third-order valence-corrected chi connectivity index (χ3v) is 5.05. The number of aliphatic hydroxyl groups is 1. The third-order valence-electron chi connectivity index (χ3n) is 4.56. The van der Waals surface area contributed by atoms with Crippen LogP contribution in [-0.4, -0.2) is 22.4 Å². The molecule has 1 aromatic heterocycles. The zero-order valence-corrected chi connectivity index (χ0v) is 16.1. The number of hydrogen-bond donors (Lipinski definition) is 1. The lowest BCUT2D eigenvalue weighted by Crippen LogP contribution is -2.23. The van der Waals surface area contributed by atoms with Crippen LogP contribution in [0, 0.1) is 6.92 Å². The SMILES string of the molecule is Cc1ccc2c(c1)c1cc(Br)ccc1n2C[C@H](O)COc1ccccc1. The van der Waals surface area contributed by atoms with E-state index in [-0.39, 0.29) is 6.61 Å². The smallest absolute Gasteiger partial charge is 0.119 e. The number of ether oxygens (including phenoxy) is 1. The van der Waals surface area contributed by atoms with Gasteiger partial charge in [0.1, 0.15) is 18.5 Å². The normalized spacial score (nSPS) is 12.6. The highest BCUT2D eigenvalue weighted by Crippen LogP contribution is 2.32. The summed E-state index contributed by atoms with van der Waals surface area (Å²) in [6.07, 6.45) is -0.598. The Morgan fingerprint density at radius 3 is 2.42 bits per heavy atom. The Labute approximate surface area is 161 Å². The first kappa shape index (κ1) is 17.1. The number of aromatic nitrogens is 1. The number of para-hydroxylation sites is 1. The first-order chi connectivity index (χ1) is 12.6. The Balaban J connectivity index is 1.66. The van der Waals surface area contributed by atoms with Gasteiger partial charge in [-0.3, -0.25) is 0 Å². The molecule has 1 heterocycles. The number of hydrogen-bond acceptors (Lipinski definition) is 2. The summed E-state index contributed by atoms with van der Waals surface area (Å²) in [4.78, 5) is 0. The molecule has 0 bridgehead atoms. The lowest BCUT2D eigenvalue weighted by Gasteiger charge is -2.15. The van der Waals surface area contributed by atoms with Crippen LogP contribution in [0.15, 0.2) is 71.2 Å². The van der Waals surface area contributed by atoms with Crippen molar-refractivity contribution in [3.8, 4) is 5.75 Å². The molecular formula is C22H20BrNO2. The molecule has 0 spiro atoms. The van der Waals surface area contributed by atoms with Gasteiger partial charge in [0.15, 0.2) is 0 Å². The molecule has 4 heteroatoms. The average molecular weight is 410 g/mol. The maximum atomic E-state index is 10.6. The Kier molecular flexibility index (Phi) is 4.70. The highest BCUT2D eigenvalue weighted by molar-refractivity contribution is 9.10. The molecule has 1 N–H and O–H groups in total. The second-order valence-corrected chi connectivity index (χ2v) is 7.49. The van der Waals surface area contributed by atoms with Gasteiger partial charge in [-0.05, 0) is 49.4 Å². The lowest BCUT2D eigenvalue weighted by atomic mass is 10.1. The fourth-order valence-corrected chi connectivity index (χ4v) is 3.72. The molecule has 0 unspecified atom stereocenters. The van der Waals surface area contributed by atoms with Gasteiger partial charge in [-0.2, -0.15) is 0 Å². The van der Waals surface area contributed by atoms with Crippen molar-refractivity contribution in [2.75, 3.05) is 6.61 Å². The van der Waals surface area contributed by atoms with Crippen molar-refractivity contribution < 1.29 is 9.84 Å². The maximum absolute atomic E-state index is 10.6. The van der Waals surface area contributed by atoms with Crippen molar-refractivity contribution >= 4 is 37.7 Å². The van der Waals surface area contributed by atoms with E-state index in [9.17, 15) is 5.11 Å². The number of nitrogens with zero attached hydrogens (tertiary/aromatic N) is 1. The molecule has 1 atom stereocenters. The quantitative estimate of drug-likeness (QED) is 0.484. The summed E-state index contributed by atoms with van der Waals surface area (Å²) in [7, 11) is 0.